The second-order valence-electron chi connectivity index (χ2n) is 3.88. The Morgan fingerprint density at radius 2 is 1.95 bits per heavy atom. The molecule has 0 unspecified atom stereocenters. The summed E-state index contributed by atoms with van der Waals surface area (Å²) in [4.78, 5) is 15.4. The maximum Gasteiger partial charge on any atom is 0.490 e. The second-order valence-corrected chi connectivity index (χ2v) is 3.88. The van der Waals surface area contributed by atoms with Crippen molar-refractivity contribution in [3.05, 3.63) is 11.4 Å². The van der Waals surface area contributed by atoms with E-state index in [1.165, 1.54) is 0 Å². The highest BCUT2D eigenvalue weighted by Gasteiger charge is 2.38. The van der Waals surface area contributed by atoms with Crippen LogP contribution in [0.1, 0.15) is 17.8 Å². The number of imidazole rings is 1. The van der Waals surface area contributed by atoms with Crippen LogP contribution in [0.15, 0.2) is 0 Å². The number of H-pyrrole nitrogens is 1. The van der Waals surface area contributed by atoms with E-state index in [-0.39, 0.29) is 18.8 Å². The van der Waals surface area contributed by atoms with Crippen molar-refractivity contribution in [1.82, 2.24) is 9.97 Å². The monoisotopic (exact) mass is 287 g/mol. The van der Waals surface area contributed by atoms with Crippen molar-refractivity contribution >= 4 is 11.9 Å². The molecule has 19 heavy (non-hydrogen) atoms. The SMILES string of the molecule is Nc1nc2c([nH]1)CC(F)(F)CC2.O=C(O)C(F)(F)F. The summed E-state index contributed by atoms with van der Waals surface area (Å²) < 4.78 is 57.3. The Morgan fingerprint density at radius 3 is 2.42 bits per heavy atom. The minimum Gasteiger partial charge on any atom is -0.475 e. The summed E-state index contributed by atoms with van der Waals surface area (Å²) in [5.74, 6) is -5.11. The van der Waals surface area contributed by atoms with E-state index in [0.717, 1.165) is 0 Å². The van der Waals surface area contributed by atoms with Crippen LogP contribution < -0.4 is 5.73 Å². The first-order valence-corrected chi connectivity index (χ1v) is 5.02. The molecule has 1 aromatic rings. The molecule has 0 radical (unpaired) electrons. The van der Waals surface area contributed by atoms with Gasteiger partial charge in [-0.25, -0.2) is 18.6 Å². The summed E-state index contributed by atoms with van der Waals surface area (Å²) in [5.41, 5.74) is 6.52. The predicted molar refractivity (Wildman–Crippen MR) is 53.7 cm³/mol. The Morgan fingerprint density at radius 1 is 1.42 bits per heavy atom. The highest BCUT2D eigenvalue weighted by atomic mass is 19.4. The van der Waals surface area contributed by atoms with E-state index in [9.17, 15) is 22.0 Å². The zero-order valence-corrected chi connectivity index (χ0v) is 9.39. The molecular formula is C9H10F5N3O2. The lowest BCUT2D eigenvalue weighted by molar-refractivity contribution is -0.192. The van der Waals surface area contributed by atoms with E-state index in [1.807, 2.05) is 0 Å². The molecule has 1 heterocycles. The van der Waals surface area contributed by atoms with Gasteiger partial charge in [0.1, 0.15) is 0 Å². The fourth-order valence-electron chi connectivity index (χ4n) is 1.47. The number of carbonyl (C=O) groups is 1. The van der Waals surface area contributed by atoms with E-state index in [2.05, 4.69) is 9.97 Å². The van der Waals surface area contributed by atoms with Gasteiger partial charge in [-0.3, -0.25) is 0 Å². The molecule has 1 aliphatic rings. The Balaban J connectivity index is 0.000000224. The molecule has 0 atom stereocenters. The summed E-state index contributed by atoms with van der Waals surface area (Å²) in [6.07, 6.45) is -5.15. The van der Waals surface area contributed by atoms with Crippen molar-refractivity contribution in [2.45, 2.75) is 31.4 Å². The molecule has 10 heteroatoms. The number of nitrogens with zero attached hydrogens (tertiary/aromatic N) is 1. The fraction of sp³-hybridized carbons (Fsp3) is 0.556. The third kappa shape index (κ3) is 4.38. The van der Waals surface area contributed by atoms with E-state index >= 15 is 0 Å². The molecule has 0 fully saturated rings. The number of anilines is 1. The van der Waals surface area contributed by atoms with Crippen LogP contribution in [0.3, 0.4) is 0 Å². The van der Waals surface area contributed by atoms with Gasteiger partial charge in [0.05, 0.1) is 12.1 Å². The number of hydrogen-bond donors (Lipinski definition) is 3. The number of rotatable bonds is 0. The summed E-state index contributed by atoms with van der Waals surface area (Å²) in [7, 11) is 0. The van der Waals surface area contributed by atoms with Crippen molar-refractivity contribution in [3.63, 3.8) is 0 Å². The number of hydrogen-bond acceptors (Lipinski definition) is 3. The fourth-order valence-corrected chi connectivity index (χ4v) is 1.47. The molecule has 1 aromatic heterocycles. The van der Waals surface area contributed by atoms with Crippen LogP contribution in [0, 0.1) is 0 Å². The molecular weight excluding hydrogens is 277 g/mol. The number of carboxylic acids is 1. The standard InChI is InChI=1S/C7H9F2N3.C2HF3O2/c8-7(9)2-1-4-5(3-7)12-6(10)11-4;3-2(4,5)1(6)7/h1-3H2,(H3,10,11,12);(H,6,7). The highest BCUT2D eigenvalue weighted by Crippen LogP contribution is 2.31. The molecule has 2 rings (SSSR count). The number of halogens is 5. The van der Waals surface area contributed by atoms with E-state index < -0.39 is 18.1 Å². The topological polar surface area (TPSA) is 92.0 Å². The lowest BCUT2D eigenvalue weighted by Crippen LogP contribution is -2.25. The summed E-state index contributed by atoms with van der Waals surface area (Å²) >= 11 is 0. The first kappa shape index (κ1) is 15.2. The van der Waals surface area contributed by atoms with Gasteiger partial charge in [-0.2, -0.15) is 13.2 Å². The predicted octanol–water partition coefficient (Wildman–Crippen LogP) is 1.75. The molecule has 5 nitrogen and oxygen atoms in total. The van der Waals surface area contributed by atoms with Gasteiger partial charge in [-0.1, -0.05) is 0 Å². The number of alkyl halides is 5. The molecule has 0 spiro atoms. The lowest BCUT2D eigenvalue weighted by atomic mass is 9.98. The maximum absolute atomic E-state index is 12.8. The van der Waals surface area contributed by atoms with Gasteiger partial charge >= 0.3 is 12.1 Å². The second kappa shape index (κ2) is 5.02. The normalized spacial score (nSPS) is 17.1. The number of nitrogens with two attached hydrogens (primary N) is 1. The van der Waals surface area contributed by atoms with Gasteiger partial charge in [0, 0.05) is 12.1 Å². The molecule has 4 N–H and O–H groups in total. The number of aliphatic carboxylic acids is 1. The van der Waals surface area contributed by atoms with Crippen molar-refractivity contribution in [2.24, 2.45) is 0 Å². The quantitative estimate of drug-likeness (QED) is 0.634. The van der Waals surface area contributed by atoms with Gasteiger partial charge < -0.3 is 15.8 Å². The van der Waals surface area contributed by atoms with Crippen LogP contribution in [0.25, 0.3) is 0 Å². The molecule has 1 aliphatic carbocycles. The largest absolute Gasteiger partial charge is 0.490 e. The van der Waals surface area contributed by atoms with Crippen LogP contribution in [-0.2, 0) is 17.6 Å². The number of aromatic amines is 1. The van der Waals surface area contributed by atoms with Gasteiger partial charge in [0.25, 0.3) is 5.92 Å². The molecule has 0 aromatic carbocycles. The third-order valence-electron chi connectivity index (χ3n) is 2.29. The van der Waals surface area contributed by atoms with E-state index in [1.54, 1.807) is 0 Å². The Hall–Kier alpha value is -1.87. The van der Waals surface area contributed by atoms with Crippen molar-refractivity contribution in [2.75, 3.05) is 5.73 Å². The Kier molecular flexibility index (Phi) is 4.01. The molecule has 0 saturated carbocycles. The smallest absolute Gasteiger partial charge is 0.475 e. The third-order valence-corrected chi connectivity index (χ3v) is 2.29. The molecule has 0 bridgehead atoms. The van der Waals surface area contributed by atoms with Crippen LogP contribution in [0.4, 0.5) is 27.9 Å². The minimum atomic E-state index is -5.08. The first-order valence-electron chi connectivity index (χ1n) is 5.02. The van der Waals surface area contributed by atoms with Gasteiger partial charge in [-0.15, -0.1) is 0 Å². The van der Waals surface area contributed by atoms with Crippen LogP contribution >= 0.6 is 0 Å². The van der Waals surface area contributed by atoms with E-state index in [4.69, 9.17) is 15.6 Å². The average molecular weight is 287 g/mol. The summed E-state index contributed by atoms with van der Waals surface area (Å²) in [6, 6.07) is 0. The van der Waals surface area contributed by atoms with Crippen molar-refractivity contribution in [1.29, 1.82) is 0 Å². The zero-order valence-electron chi connectivity index (χ0n) is 9.39. The van der Waals surface area contributed by atoms with Crippen LogP contribution in [0.5, 0.6) is 0 Å². The Labute approximate surface area is 103 Å². The van der Waals surface area contributed by atoms with Gasteiger partial charge in [-0.05, 0) is 6.42 Å². The van der Waals surface area contributed by atoms with Crippen molar-refractivity contribution in [3.8, 4) is 0 Å². The zero-order chi connectivity index (χ0) is 14.8. The summed E-state index contributed by atoms with van der Waals surface area (Å²) in [6.45, 7) is 0. The Bertz CT molecular complexity index is 469. The molecule has 108 valence electrons. The maximum atomic E-state index is 12.8. The molecule has 0 saturated heterocycles. The van der Waals surface area contributed by atoms with Gasteiger partial charge in [0.2, 0.25) is 0 Å². The number of carboxylic acid groups (broad SMARTS) is 1. The van der Waals surface area contributed by atoms with Crippen LogP contribution in [0.2, 0.25) is 0 Å². The number of nitrogen functional groups attached to an aromatic ring is 1. The number of nitrogens with one attached hydrogen (secondary N) is 1. The molecule has 0 amide bonds. The first-order chi connectivity index (χ1) is 8.51. The average Bonchev–Trinajstić information content (AvgIpc) is 2.55. The minimum absolute atomic E-state index is 0.121. The van der Waals surface area contributed by atoms with Crippen LogP contribution in [-0.4, -0.2) is 33.1 Å². The molecule has 0 aliphatic heterocycles. The highest BCUT2D eigenvalue weighted by molar-refractivity contribution is 5.73. The van der Waals surface area contributed by atoms with Crippen molar-refractivity contribution < 1.29 is 31.9 Å². The van der Waals surface area contributed by atoms with Gasteiger partial charge in [0.15, 0.2) is 5.95 Å². The lowest BCUT2D eigenvalue weighted by Gasteiger charge is -2.20. The number of fused-ring (bicyclic) bond motifs is 1. The number of aromatic nitrogens is 2. The van der Waals surface area contributed by atoms with E-state index in [0.29, 0.717) is 17.8 Å². The number of aryl methyl sites for hydroxylation is 1. The summed E-state index contributed by atoms with van der Waals surface area (Å²) in [5, 5.41) is 7.12.